The molecule has 0 unspecified atom stereocenters. The van der Waals surface area contributed by atoms with E-state index in [0.29, 0.717) is 22.5 Å². The molecule has 4 nitrogen and oxygen atoms in total. The molecule has 0 fully saturated rings. The monoisotopic (exact) mass is 372 g/mol. The fraction of sp³-hybridized carbons (Fsp3) is 0.0435. The van der Waals surface area contributed by atoms with Crippen LogP contribution in [0.25, 0.3) is 10.9 Å². The number of nitrogens with one attached hydrogen (secondary N) is 1. The first-order valence-electron chi connectivity index (χ1n) is 8.81. The molecule has 138 valence electrons. The lowest BCUT2D eigenvalue weighted by Gasteiger charge is -2.10. The van der Waals surface area contributed by atoms with Crippen molar-refractivity contribution in [2.24, 2.45) is 0 Å². The SMILES string of the molecule is O=C(Nc1cccc(OCc2cccc(F)c2)c1)c1cccc2cccnc12. The van der Waals surface area contributed by atoms with E-state index < -0.39 is 0 Å². The minimum Gasteiger partial charge on any atom is -0.489 e. The van der Waals surface area contributed by atoms with Gasteiger partial charge in [-0.3, -0.25) is 9.78 Å². The highest BCUT2D eigenvalue weighted by molar-refractivity contribution is 6.11. The molecule has 0 spiro atoms. The third kappa shape index (κ3) is 3.99. The smallest absolute Gasteiger partial charge is 0.257 e. The maximum atomic E-state index is 13.3. The first kappa shape index (κ1) is 17.7. The lowest BCUT2D eigenvalue weighted by atomic mass is 10.1. The van der Waals surface area contributed by atoms with Gasteiger partial charge in [0.15, 0.2) is 0 Å². The number of hydrogen-bond acceptors (Lipinski definition) is 3. The molecule has 5 heteroatoms. The number of halogens is 1. The number of aromatic nitrogens is 1. The Bertz CT molecular complexity index is 1140. The second kappa shape index (κ2) is 7.88. The zero-order valence-electron chi connectivity index (χ0n) is 14.9. The zero-order chi connectivity index (χ0) is 19.3. The highest BCUT2D eigenvalue weighted by Crippen LogP contribution is 2.21. The Morgan fingerprint density at radius 2 is 1.79 bits per heavy atom. The molecule has 0 bridgehead atoms. The molecule has 3 aromatic carbocycles. The lowest BCUT2D eigenvalue weighted by molar-refractivity contribution is 0.102. The van der Waals surface area contributed by atoms with Crippen LogP contribution in [0.2, 0.25) is 0 Å². The fourth-order valence-electron chi connectivity index (χ4n) is 2.94. The van der Waals surface area contributed by atoms with Crippen molar-refractivity contribution in [3.05, 3.63) is 102 Å². The molecular weight excluding hydrogens is 355 g/mol. The molecule has 1 heterocycles. The van der Waals surface area contributed by atoms with Crippen LogP contribution >= 0.6 is 0 Å². The number of anilines is 1. The Balaban J connectivity index is 1.49. The predicted molar refractivity (Wildman–Crippen MR) is 107 cm³/mol. The van der Waals surface area contributed by atoms with Gasteiger partial charge in [0, 0.05) is 23.3 Å². The number of para-hydroxylation sites is 1. The first-order chi connectivity index (χ1) is 13.7. The minimum absolute atomic E-state index is 0.238. The van der Waals surface area contributed by atoms with Gasteiger partial charge in [-0.15, -0.1) is 0 Å². The van der Waals surface area contributed by atoms with E-state index in [-0.39, 0.29) is 18.3 Å². The van der Waals surface area contributed by atoms with Gasteiger partial charge in [-0.2, -0.15) is 0 Å². The number of carbonyl (C=O) groups excluding carboxylic acids is 1. The number of hydrogen-bond donors (Lipinski definition) is 1. The normalized spacial score (nSPS) is 10.6. The Hall–Kier alpha value is -3.73. The summed E-state index contributed by atoms with van der Waals surface area (Å²) in [6, 6.07) is 22.6. The van der Waals surface area contributed by atoms with Crippen molar-refractivity contribution in [1.29, 1.82) is 0 Å². The first-order valence-corrected chi connectivity index (χ1v) is 8.81. The molecule has 0 aliphatic heterocycles. The highest BCUT2D eigenvalue weighted by atomic mass is 19.1. The number of benzene rings is 3. The number of amides is 1. The summed E-state index contributed by atoms with van der Waals surface area (Å²) >= 11 is 0. The van der Waals surface area contributed by atoms with Gasteiger partial charge < -0.3 is 10.1 Å². The molecule has 1 amide bonds. The maximum absolute atomic E-state index is 13.3. The van der Waals surface area contributed by atoms with E-state index in [4.69, 9.17) is 4.74 Å². The van der Waals surface area contributed by atoms with Crippen molar-refractivity contribution in [1.82, 2.24) is 4.98 Å². The lowest BCUT2D eigenvalue weighted by Crippen LogP contribution is -2.12. The van der Waals surface area contributed by atoms with E-state index in [2.05, 4.69) is 10.3 Å². The van der Waals surface area contributed by atoms with Crippen LogP contribution in [0, 0.1) is 5.82 Å². The Labute approximate surface area is 161 Å². The molecule has 1 N–H and O–H groups in total. The number of carbonyl (C=O) groups is 1. The van der Waals surface area contributed by atoms with Crippen LogP contribution < -0.4 is 10.1 Å². The molecule has 0 aliphatic carbocycles. The number of pyridine rings is 1. The topological polar surface area (TPSA) is 51.2 Å². The van der Waals surface area contributed by atoms with Crippen LogP contribution in [0.4, 0.5) is 10.1 Å². The van der Waals surface area contributed by atoms with E-state index in [1.165, 1.54) is 12.1 Å². The van der Waals surface area contributed by atoms with Crippen LogP contribution in [-0.4, -0.2) is 10.9 Å². The van der Waals surface area contributed by atoms with Crippen LogP contribution in [0.1, 0.15) is 15.9 Å². The third-order valence-corrected chi connectivity index (χ3v) is 4.26. The van der Waals surface area contributed by atoms with Crippen molar-refractivity contribution < 1.29 is 13.9 Å². The van der Waals surface area contributed by atoms with E-state index in [9.17, 15) is 9.18 Å². The molecule has 0 aliphatic rings. The van der Waals surface area contributed by atoms with Gasteiger partial charge >= 0.3 is 0 Å². The Morgan fingerprint density at radius 3 is 2.68 bits per heavy atom. The summed E-state index contributed by atoms with van der Waals surface area (Å²) in [5.74, 6) is 0.0375. The van der Waals surface area contributed by atoms with Gasteiger partial charge in [0.2, 0.25) is 0 Å². The molecule has 28 heavy (non-hydrogen) atoms. The molecule has 0 saturated heterocycles. The van der Waals surface area contributed by atoms with Gasteiger partial charge in [-0.25, -0.2) is 4.39 Å². The number of nitrogens with zero attached hydrogens (tertiary/aromatic N) is 1. The standard InChI is InChI=1S/C23H17FN2O2/c24-18-8-1-5-16(13-18)15-28-20-10-3-9-19(14-20)26-23(27)21-11-2-6-17-7-4-12-25-22(17)21/h1-14H,15H2,(H,26,27). The van der Waals surface area contributed by atoms with Crippen LogP contribution in [0.3, 0.4) is 0 Å². The number of fused-ring (bicyclic) bond motifs is 1. The molecule has 4 rings (SSSR count). The molecule has 0 saturated carbocycles. The van der Waals surface area contributed by atoms with Gasteiger partial charge in [0.1, 0.15) is 18.2 Å². The van der Waals surface area contributed by atoms with E-state index >= 15 is 0 Å². The molecule has 4 aromatic rings. The number of ether oxygens (including phenoxy) is 1. The van der Waals surface area contributed by atoms with Gasteiger partial charge in [-0.05, 0) is 42.0 Å². The quantitative estimate of drug-likeness (QED) is 0.523. The van der Waals surface area contributed by atoms with Crippen molar-refractivity contribution in [2.75, 3.05) is 5.32 Å². The summed E-state index contributed by atoms with van der Waals surface area (Å²) in [7, 11) is 0. The molecule has 1 aromatic heterocycles. The summed E-state index contributed by atoms with van der Waals surface area (Å²) < 4.78 is 19.0. The average molecular weight is 372 g/mol. The summed E-state index contributed by atoms with van der Waals surface area (Å²) in [5, 5.41) is 3.78. The van der Waals surface area contributed by atoms with Crippen LogP contribution in [-0.2, 0) is 6.61 Å². The van der Waals surface area contributed by atoms with Gasteiger partial charge in [-0.1, -0.05) is 36.4 Å². The summed E-state index contributed by atoms with van der Waals surface area (Å²) in [6.07, 6.45) is 1.67. The third-order valence-electron chi connectivity index (χ3n) is 4.26. The zero-order valence-corrected chi connectivity index (χ0v) is 14.9. The van der Waals surface area contributed by atoms with Crippen molar-refractivity contribution >= 4 is 22.5 Å². The minimum atomic E-state index is -0.300. The predicted octanol–water partition coefficient (Wildman–Crippen LogP) is 5.21. The Kier molecular flexibility index (Phi) is 4.97. The highest BCUT2D eigenvalue weighted by Gasteiger charge is 2.11. The van der Waals surface area contributed by atoms with Gasteiger partial charge in [0.05, 0.1) is 11.1 Å². The van der Waals surface area contributed by atoms with E-state index in [1.807, 2.05) is 24.3 Å². The van der Waals surface area contributed by atoms with E-state index in [0.717, 1.165) is 10.9 Å². The fourth-order valence-corrected chi connectivity index (χ4v) is 2.94. The Morgan fingerprint density at radius 1 is 0.964 bits per heavy atom. The molecule has 0 radical (unpaired) electrons. The summed E-state index contributed by atoms with van der Waals surface area (Å²) in [5.41, 5.74) is 2.50. The van der Waals surface area contributed by atoms with Gasteiger partial charge in [0.25, 0.3) is 5.91 Å². The van der Waals surface area contributed by atoms with Crippen molar-refractivity contribution in [3.8, 4) is 5.75 Å². The molecular formula is C23H17FN2O2. The molecule has 0 atom stereocenters. The van der Waals surface area contributed by atoms with Crippen molar-refractivity contribution in [2.45, 2.75) is 6.61 Å². The summed E-state index contributed by atoms with van der Waals surface area (Å²) in [4.78, 5) is 17.0. The van der Waals surface area contributed by atoms with Crippen molar-refractivity contribution in [3.63, 3.8) is 0 Å². The average Bonchev–Trinajstić information content (AvgIpc) is 2.72. The summed E-state index contributed by atoms with van der Waals surface area (Å²) in [6.45, 7) is 0.238. The number of rotatable bonds is 5. The van der Waals surface area contributed by atoms with Crippen LogP contribution in [0.15, 0.2) is 85.1 Å². The largest absolute Gasteiger partial charge is 0.489 e. The maximum Gasteiger partial charge on any atom is 0.257 e. The second-order valence-corrected chi connectivity index (χ2v) is 6.28. The second-order valence-electron chi connectivity index (χ2n) is 6.28. The van der Waals surface area contributed by atoms with E-state index in [1.54, 1.807) is 48.7 Å². The van der Waals surface area contributed by atoms with Crippen LogP contribution in [0.5, 0.6) is 5.75 Å².